The number of benzene rings is 1. The van der Waals surface area contributed by atoms with Crippen LogP contribution in [0.25, 0.3) is 0 Å². The first kappa shape index (κ1) is 14.8. The third-order valence-corrected chi connectivity index (χ3v) is 4.49. The molecule has 6 nitrogen and oxygen atoms in total. The van der Waals surface area contributed by atoms with Crippen molar-refractivity contribution in [3.63, 3.8) is 0 Å². The van der Waals surface area contributed by atoms with Crippen LogP contribution in [0.3, 0.4) is 0 Å². The summed E-state index contributed by atoms with van der Waals surface area (Å²) in [5.74, 6) is 0.721. The van der Waals surface area contributed by atoms with E-state index in [1.165, 1.54) is 25.3 Å². The van der Waals surface area contributed by atoms with E-state index in [9.17, 15) is 8.42 Å². The minimum Gasteiger partial charge on any atom is -0.495 e. The highest BCUT2D eigenvalue weighted by molar-refractivity contribution is 7.89. The van der Waals surface area contributed by atoms with Crippen LogP contribution in [0.5, 0.6) is 5.75 Å². The van der Waals surface area contributed by atoms with E-state index in [1.54, 1.807) is 19.3 Å². The quantitative estimate of drug-likeness (QED) is 0.885. The van der Waals surface area contributed by atoms with Crippen molar-refractivity contribution < 1.29 is 13.2 Å². The standard InChI is InChI=1S/C12H14ClN3O3S/c1-8(12-14-5-6-15-12)16-20(17,18)11-4-3-9(13)7-10(11)19-2/h3-8,16H,1-2H3,(H,14,15). The van der Waals surface area contributed by atoms with Gasteiger partial charge in [-0.25, -0.2) is 18.1 Å². The van der Waals surface area contributed by atoms with E-state index in [4.69, 9.17) is 16.3 Å². The van der Waals surface area contributed by atoms with Gasteiger partial charge in [0.25, 0.3) is 0 Å². The van der Waals surface area contributed by atoms with E-state index < -0.39 is 16.1 Å². The number of methoxy groups -OCH3 is 1. The highest BCUT2D eigenvalue weighted by atomic mass is 35.5. The molecule has 1 aromatic heterocycles. The lowest BCUT2D eigenvalue weighted by atomic mass is 10.3. The Labute approximate surface area is 122 Å². The number of imidazole rings is 1. The molecular formula is C12H14ClN3O3S. The highest BCUT2D eigenvalue weighted by Crippen LogP contribution is 2.27. The summed E-state index contributed by atoms with van der Waals surface area (Å²) >= 11 is 5.82. The predicted octanol–water partition coefficient (Wildman–Crippen LogP) is 2.11. The number of ether oxygens (including phenoxy) is 1. The average molecular weight is 316 g/mol. The molecule has 0 aliphatic heterocycles. The van der Waals surface area contributed by atoms with E-state index in [-0.39, 0.29) is 10.6 Å². The van der Waals surface area contributed by atoms with Crippen molar-refractivity contribution >= 4 is 21.6 Å². The average Bonchev–Trinajstić information content (AvgIpc) is 2.91. The van der Waals surface area contributed by atoms with Gasteiger partial charge in [-0.3, -0.25) is 0 Å². The molecule has 108 valence electrons. The number of hydrogen-bond donors (Lipinski definition) is 2. The third kappa shape index (κ3) is 3.12. The van der Waals surface area contributed by atoms with Crippen LogP contribution >= 0.6 is 11.6 Å². The van der Waals surface area contributed by atoms with Gasteiger partial charge in [-0.1, -0.05) is 11.6 Å². The van der Waals surface area contributed by atoms with Crippen molar-refractivity contribution in [3.8, 4) is 5.75 Å². The minimum atomic E-state index is -3.74. The van der Waals surface area contributed by atoms with Crippen LogP contribution in [0.1, 0.15) is 18.8 Å². The lowest BCUT2D eigenvalue weighted by molar-refractivity contribution is 0.402. The normalized spacial score (nSPS) is 13.2. The molecule has 1 heterocycles. The van der Waals surface area contributed by atoms with Gasteiger partial charge in [-0.2, -0.15) is 0 Å². The molecule has 0 fully saturated rings. The Kier molecular flexibility index (Phi) is 4.32. The zero-order valence-corrected chi connectivity index (χ0v) is 12.5. The molecule has 2 rings (SSSR count). The number of H-pyrrole nitrogens is 1. The molecule has 0 aliphatic rings. The number of nitrogens with zero attached hydrogens (tertiary/aromatic N) is 1. The van der Waals surface area contributed by atoms with Crippen molar-refractivity contribution in [2.45, 2.75) is 17.9 Å². The van der Waals surface area contributed by atoms with E-state index in [0.29, 0.717) is 10.8 Å². The summed E-state index contributed by atoms with van der Waals surface area (Å²) in [6.07, 6.45) is 3.19. The first-order valence-electron chi connectivity index (χ1n) is 5.79. The molecule has 20 heavy (non-hydrogen) atoms. The zero-order valence-electron chi connectivity index (χ0n) is 10.9. The van der Waals surface area contributed by atoms with Gasteiger partial charge >= 0.3 is 0 Å². The van der Waals surface area contributed by atoms with Crippen LogP contribution in [-0.2, 0) is 10.0 Å². The number of aromatic amines is 1. The maximum atomic E-state index is 12.4. The highest BCUT2D eigenvalue weighted by Gasteiger charge is 2.23. The Morgan fingerprint density at radius 1 is 1.45 bits per heavy atom. The molecule has 2 N–H and O–H groups in total. The second-order valence-corrected chi connectivity index (χ2v) is 6.23. The first-order valence-corrected chi connectivity index (χ1v) is 7.65. The molecule has 0 bridgehead atoms. The fourth-order valence-corrected chi connectivity index (χ4v) is 3.25. The fraction of sp³-hybridized carbons (Fsp3) is 0.250. The summed E-state index contributed by atoms with van der Waals surface area (Å²) in [5, 5.41) is 0.403. The van der Waals surface area contributed by atoms with Crippen LogP contribution < -0.4 is 9.46 Å². The number of rotatable bonds is 5. The maximum Gasteiger partial charge on any atom is 0.244 e. The van der Waals surface area contributed by atoms with Crippen molar-refractivity contribution in [1.82, 2.24) is 14.7 Å². The molecule has 1 unspecified atom stereocenters. The minimum absolute atomic E-state index is 0.0304. The number of aromatic nitrogens is 2. The molecule has 8 heteroatoms. The number of sulfonamides is 1. The lowest BCUT2D eigenvalue weighted by Crippen LogP contribution is -2.27. The second-order valence-electron chi connectivity index (χ2n) is 4.11. The molecular weight excluding hydrogens is 302 g/mol. The monoisotopic (exact) mass is 315 g/mol. The first-order chi connectivity index (χ1) is 9.44. The molecule has 1 aromatic carbocycles. The predicted molar refractivity (Wildman–Crippen MR) is 75.3 cm³/mol. The van der Waals surface area contributed by atoms with Gasteiger partial charge in [0.15, 0.2) is 0 Å². The molecule has 0 saturated carbocycles. The Hall–Kier alpha value is -1.57. The maximum absolute atomic E-state index is 12.4. The summed E-state index contributed by atoms with van der Waals surface area (Å²) in [6.45, 7) is 1.69. The van der Waals surface area contributed by atoms with Crippen molar-refractivity contribution in [2.24, 2.45) is 0 Å². The SMILES string of the molecule is COc1cc(Cl)ccc1S(=O)(=O)NC(C)c1ncc[nH]1. The van der Waals surface area contributed by atoms with Gasteiger partial charge in [-0.15, -0.1) is 0 Å². The van der Waals surface area contributed by atoms with Crippen molar-refractivity contribution in [3.05, 3.63) is 41.4 Å². The Balaban J connectivity index is 2.31. The van der Waals surface area contributed by atoms with E-state index in [1.807, 2.05) is 0 Å². The molecule has 0 radical (unpaired) electrons. The molecule has 0 amide bonds. The van der Waals surface area contributed by atoms with E-state index in [0.717, 1.165) is 0 Å². The largest absolute Gasteiger partial charge is 0.495 e. The topological polar surface area (TPSA) is 84.1 Å². The molecule has 1 atom stereocenters. The Morgan fingerprint density at radius 2 is 2.20 bits per heavy atom. The summed E-state index contributed by atoms with van der Waals surface area (Å²) in [7, 11) is -2.35. The van der Waals surface area contributed by atoms with Crippen molar-refractivity contribution in [1.29, 1.82) is 0 Å². The van der Waals surface area contributed by atoms with Gasteiger partial charge < -0.3 is 9.72 Å². The Bertz CT molecular complexity index is 686. The summed E-state index contributed by atoms with van der Waals surface area (Å²) < 4.78 is 32.3. The van der Waals surface area contributed by atoms with Crippen LogP contribution in [-0.4, -0.2) is 25.5 Å². The van der Waals surface area contributed by atoms with Gasteiger partial charge in [0.1, 0.15) is 16.5 Å². The van der Waals surface area contributed by atoms with Gasteiger partial charge in [0, 0.05) is 23.5 Å². The third-order valence-electron chi connectivity index (χ3n) is 2.68. The second kappa shape index (κ2) is 5.82. The lowest BCUT2D eigenvalue weighted by Gasteiger charge is -2.14. The van der Waals surface area contributed by atoms with Crippen molar-refractivity contribution in [2.75, 3.05) is 7.11 Å². The summed E-state index contributed by atoms with van der Waals surface area (Å²) in [6, 6.07) is 3.86. The van der Waals surface area contributed by atoms with E-state index in [2.05, 4.69) is 14.7 Å². The smallest absolute Gasteiger partial charge is 0.244 e. The van der Waals surface area contributed by atoms with Crippen LogP contribution in [0.15, 0.2) is 35.5 Å². The number of hydrogen-bond acceptors (Lipinski definition) is 4. The van der Waals surface area contributed by atoms with Gasteiger partial charge in [-0.05, 0) is 19.1 Å². The molecule has 0 aliphatic carbocycles. The molecule has 0 saturated heterocycles. The molecule has 0 spiro atoms. The summed E-state index contributed by atoms with van der Waals surface area (Å²) in [5.41, 5.74) is 0. The zero-order chi connectivity index (χ0) is 14.8. The Morgan fingerprint density at radius 3 is 2.80 bits per heavy atom. The summed E-state index contributed by atoms with van der Waals surface area (Å²) in [4.78, 5) is 6.90. The van der Waals surface area contributed by atoms with Crippen LogP contribution in [0.4, 0.5) is 0 Å². The fourth-order valence-electron chi connectivity index (χ4n) is 1.73. The van der Waals surface area contributed by atoms with Crippen LogP contribution in [0.2, 0.25) is 5.02 Å². The number of nitrogens with one attached hydrogen (secondary N) is 2. The van der Waals surface area contributed by atoms with Crippen LogP contribution in [0, 0.1) is 0 Å². The number of halogens is 1. The van der Waals surface area contributed by atoms with E-state index >= 15 is 0 Å². The van der Waals surface area contributed by atoms with Gasteiger partial charge in [0.2, 0.25) is 10.0 Å². The van der Waals surface area contributed by atoms with Gasteiger partial charge in [0.05, 0.1) is 13.2 Å². The molecule has 2 aromatic rings.